The molecule has 1 aromatic carbocycles. The lowest BCUT2D eigenvalue weighted by atomic mass is 10.1. The third kappa shape index (κ3) is 3.89. The van der Waals surface area contributed by atoms with Gasteiger partial charge in [-0.3, -0.25) is 0 Å². The Kier molecular flexibility index (Phi) is 5.22. The third-order valence-electron chi connectivity index (χ3n) is 2.18. The van der Waals surface area contributed by atoms with E-state index in [9.17, 15) is 4.39 Å². The number of halogens is 2. The second kappa shape index (κ2) is 6.20. The number of benzene rings is 1. The first-order chi connectivity index (χ1) is 7.15. The minimum absolute atomic E-state index is 0.0161. The van der Waals surface area contributed by atoms with Crippen LogP contribution in [0.1, 0.15) is 18.5 Å². The van der Waals surface area contributed by atoms with E-state index in [0.717, 1.165) is 4.47 Å². The summed E-state index contributed by atoms with van der Waals surface area (Å²) in [6.07, 6.45) is 0. The van der Waals surface area contributed by atoms with Gasteiger partial charge in [0.25, 0.3) is 0 Å². The number of hydrogen-bond donors (Lipinski definition) is 1. The first-order valence-electron chi connectivity index (χ1n) is 4.82. The maximum Gasteiger partial charge on any atom is 0.128 e. The fourth-order valence-corrected chi connectivity index (χ4v) is 1.71. The molecule has 0 aliphatic heterocycles. The molecule has 1 N–H and O–H groups in total. The third-order valence-corrected chi connectivity index (χ3v) is 2.67. The minimum Gasteiger partial charge on any atom is -0.383 e. The smallest absolute Gasteiger partial charge is 0.128 e. The van der Waals surface area contributed by atoms with Gasteiger partial charge < -0.3 is 10.1 Å². The molecule has 0 amide bonds. The Labute approximate surface area is 98.0 Å². The van der Waals surface area contributed by atoms with Crippen molar-refractivity contribution in [1.29, 1.82) is 0 Å². The van der Waals surface area contributed by atoms with Crippen LogP contribution in [0.3, 0.4) is 0 Å². The normalized spacial score (nSPS) is 12.8. The zero-order chi connectivity index (χ0) is 11.3. The van der Waals surface area contributed by atoms with Crippen molar-refractivity contribution in [3.63, 3.8) is 0 Å². The summed E-state index contributed by atoms with van der Waals surface area (Å²) < 4.78 is 19.2. The zero-order valence-electron chi connectivity index (χ0n) is 8.89. The summed E-state index contributed by atoms with van der Waals surface area (Å²) in [6.45, 7) is 3.27. The molecule has 0 spiro atoms. The van der Waals surface area contributed by atoms with Gasteiger partial charge in [-0.25, -0.2) is 4.39 Å². The molecule has 4 heteroatoms. The lowest BCUT2D eigenvalue weighted by Gasteiger charge is -2.15. The van der Waals surface area contributed by atoms with Crippen LogP contribution in [0.4, 0.5) is 4.39 Å². The van der Waals surface area contributed by atoms with E-state index >= 15 is 0 Å². The molecule has 0 fully saturated rings. The molecule has 0 aromatic heterocycles. The minimum atomic E-state index is -0.185. The Hall–Kier alpha value is -0.450. The molecule has 1 rings (SSSR count). The molecule has 2 nitrogen and oxygen atoms in total. The van der Waals surface area contributed by atoms with Crippen LogP contribution < -0.4 is 5.32 Å². The molecule has 0 bridgehead atoms. The van der Waals surface area contributed by atoms with Gasteiger partial charge in [0.05, 0.1) is 6.61 Å². The van der Waals surface area contributed by atoms with Gasteiger partial charge in [0.1, 0.15) is 5.82 Å². The molecule has 1 atom stereocenters. The topological polar surface area (TPSA) is 21.3 Å². The van der Waals surface area contributed by atoms with Crippen molar-refractivity contribution in [2.24, 2.45) is 0 Å². The van der Waals surface area contributed by atoms with Crippen molar-refractivity contribution < 1.29 is 9.13 Å². The second-order valence-electron chi connectivity index (χ2n) is 3.33. The van der Waals surface area contributed by atoms with Gasteiger partial charge in [-0.2, -0.15) is 0 Å². The lowest BCUT2D eigenvalue weighted by Crippen LogP contribution is -2.23. The summed E-state index contributed by atoms with van der Waals surface area (Å²) in [5.41, 5.74) is 0.667. The van der Waals surface area contributed by atoms with Gasteiger partial charge >= 0.3 is 0 Å². The Morgan fingerprint density at radius 2 is 2.27 bits per heavy atom. The summed E-state index contributed by atoms with van der Waals surface area (Å²) in [5.74, 6) is -0.185. The molecule has 0 saturated heterocycles. The van der Waals surface area contributed by atoms with E-state index < -0.39 is 0 Å². The molecule has 0 unspecified atom stereocenters. The van der Waals surface area contributed by atoms with Crippen molar-refractivity contribution in [3.8, 4) is 0 Å². The molecule has 0 aliphatic carbocycles. The molecular weight excluding hydrogens is 261 g/mol. The standard InChI is InChI=1S/C11H15BrFNO/c1-8(14-5-6-15-2)10-7-9(12)3-4-11(10)13/h3-4,7-8,14H,5-6H2,1-2H3/t8-/m0/s1. The van der Waals surface area contributed by atoms with Gasteiger partial charge in [-0.1, -0.05) is 15.9 Å². The largest absolute Gasteiger partial charge is 0.383 e. The summed E-state index contributed by atoms with van der Waals surface area (Å²) in [4.78, 5) is 0. The van der Waals surface area contributed by atoms with Crippen LogP contribution in [0.2, 0.25) is 0 Å². The number of hydrogen-bond acceptors (Lipinski definition) is 2. The van der Waals surface area contributed by atoms with E-state index in [2.05, 4.69) is 21.2 Å². The Morgan fingerprint density at radius 3 is 2.93 bits per heavy atom. The van der Waals surface area contributed by atoms with Gasteiger partial charge in [0.2, 0.25) is 0 Å². The molecule has 1 aromatic rings. The predicted octanol–water partition coefficient (Wildman–Crippen LogP) is 2.89. The highest BCUT2D eigenvalue weighted by Crippen LogP contribution is 2.21. The molecule has 0 heterocycles. The quantitative estimate of drug-likeness (QED) is 0.835. The lowest BCUT2D eigenvalue weighted by molar-refractivity contribution is 0.196. The van der Waals surface area contributed by atoms with Crippen LogP contribution in [0.25, 0.3) is 0 Å². The van der Waals surface area contributed by atoms with Gasteiger partial charge in [-0.15, -0.1) is 0 Å². The Balaban J connectivity index is 2.64. The van der Waals surface area contributed by atoms with Crippen LogP contribution in [-0.4, -0.2) is 20.3 Å². The Bertz CT molecular complexity index is 319. The average Bonchev–Trinajstić information content (AvgIpc) is 2.22. The van der Waals surface area contributed by atoms with E-state index in [4.69, 9.17) is 4.74 Å². The van der Waals surface area contributed by atoms with E-state index in [0.29, 0.717) is 18.7 Å². The highest BCUT2D eigenvalue weighted by molar-refractivity contribution is 9.10. The zero-order valence-corrected chi connectivity index (χ0v) is 10.5. The molecule has 0 radical (unpaired) electrons. The number of ether oxygens (including phenoxy) is 1. The van der Waals surface area contributed by atoms with E-state index in [1.54, 1.807) is 19.2 Å². The SMILES string of the molecule is COCCN[C@@H](C)c1cc(Br)ccc1F. The molecule has 84 valence electrons. The van der Waals surface area contributed by atoms with Crippen molar-refractivity contribution in [1.82, 2.24) is 5.32 Å². The molecular formula is C11H15BrFNO. The second-order valence-corrected chi connectivity index (χ2v) is 4.25. The van der Waals surface area contributed by atoms with Crippen LogP contribution in [-0.2, 0) is 4.74 Å². The highest BCUT2D eigenvalue weighted by atomic mass is 79.9. The van der Waals surface area contributed by atoms with Crippen LogP contribution in [0.5, 0.6) is 0 Å². The highest BCUT2D eigenvalue weighted by Gasteiger charge is 2.10. The predicted molar refractivity (Wildman–Crippen MR) is 62.4 cm³/mol. The summed E-state index contributed by atoms with van der Waals surface area (Å²) in [5, 5.41) is 3.18. The number of nitrogens with one attached hydrogen (secondary N) is 1. The molecule has 15 heavy (non-hydrogen) atoms. The summed E-state index contributed by atoms with van der Waals surface area (Å²) in [6, 6.07) is 4.94. The van der Waals surface area contributed by atoms with E-state index in [1.165, 1.54) is 6.07 Å². The van der Waals surface area contributed by atoms with E-state index in [1.807, 2.05) is 6.92 Å². The fourth-order valence-electron chi connectivity index (χ4n) is 1.33. The Morgan fingerprint density at radius 1 is 1.53 bits per heavy atom. The number of rotatable bonds is 5. The average molecular weight is 276 g/mol. The van der Waals surface area contributed by atoms with Crippen molar-refractivity contribution >= 4 is 15.9 Å². The van der Waals surface area contributed by atoms with Crippen molar-refractivity contribution in [2.45, 2.75) is 13.0 Å². The van der Waals surface area contributed by atoms with Gasteiger partial charge in [0, 0.05) is 29.7 Å². The van der Waals surface area contributed by atoms with Crippen LogP contribution in [0, 0.1) is 5.82 Å². The molecule has 0 saturated carbocycles. The first kappa shape index (κ1) is 12.6. The van der Waals surface area contributed by atoms with E-state index in [-0.39, 0.29) is 11.9 Å². The maximum absolute atomic E-state index is 13.4. The van der Waals surface area contributed by atoms with Gasteiger partial charge in [-0.05, 0) is 25.1 Å². The summed E-state index contributed by atoms with van der Waals surface area (Å²) >= 11 is 3.33. The monoisotopic (exact) mass is 275 g/mol. The fraction of sp³-hybridized carbons (Fsp3) is 0.455. The summed E-state index contributed by atoms with van der Waals surface area (Å²) in [7, 11) is 1.64. The van der Waals surface area contributed by atoms with Gasteiger partial charge in [0.15, 0.2) is 0 Å². The van der Waals surface area contributed by atoms with Crippen molar-refractivity contribution in [3.05, 3.63) is 34.1 Å². The van der Waals surface area contributed by atoms with Crippen LogP contribution in [0.15, 0.2) is 22.7 Å². The number of methoxy groups -OCH3 is 1. The first-order valence-corrected chi connectivity index (χ1v) is 5.61. The maximum atomic E-state index is 13.4. The van der Waals surface area contributed by atoms with Crippen LogP contribution >= 0.6 is 15.9 Å². The van der Waals surface area contributed by atoms with Crippen molar-refractivity contribution in [2.75, 3.05) is 20.3 Å². The molecule has 0 aliphatic rings.